The number of nitrogens with zero attached hydrogens (tertiary/aromatic N) is 2. The van der Waals surface area contributed by atoms with E-state index in [1.54, 1.807) is 7.05 Å². The Balaban J connectivity index is 2.10. The number of ether oxygens (including phenoxy) is 1. The van der Waals surface area contributed by atoms with E-state index in [1.807, 2.05) is 50.2 Å². The zero-order valence-electron chi connectivity index (χ0n) is 19.6. The molecule has 0 aliphatic heterocycles. The van der Waals surface area contributed by atoms with Gasteiger partial charge in [0.2, 0.25) is 0 Å². The van der Waals surface area contributed by atoms with Crippen molar-refractivity contribution in [2.45, 2.75) is 71.8 Å². The molecule has 2 aromatic rings. The molecule has 0 saturated carbocycles. The number of carbonyl (C=O) groups excluding carboxylic acids is 1. The summed E-state index contributed by atoms with van der Waals surface area (Å²) < 4.78 is 5.46. The Morgan fingerprint density at radius 1 is 1.00 bits per heavy atom. The van der Waals surface area contributed by atoms with Crippen LogP contribution in [0.5, 0.6) is 0 Å². The van der Waals surface area contributed by atoms with E-state index in [2.05, 4.69) is 42.0 Å². The van der Waals surface area contributed by atoms with E-state index in [1.165, 1.54) is 5.56 Å². The van der Waals surface area contributed by atoms with Crippen molar-refractivity contribution in [3.05, 3.63) is 71.3 Å². The van der Waals surface area contributed by atoms with E-state index in [0.717, 1.165) is 48.4 Å². The maximum atomic E-state index is 12.3. The van der Waals surface area contributed by atoms with Gasteiger partial charge in [-0.2, -0.15) is 0 Å². The minimum Gasteiger partial charge on any atom is -0.461 e. The first kappa shape index (κ1) is 24.5. The third kappa shape index (κ3) is 7.46. The van der Waals surface area contributed by atoms with Gasteiger partial charge in [-0.1, -0.05) is 74.9 Å². The Hall–Kier alpha value is -2.75. The van der Waals surface area contributed by atoms with Gasteiger partial charge in [0.25, 0.3) is 0 Å². The highest BCUT2D eigenvalue weighted by molar-refractivity contribution is 6.07. The molecule has 0 bridgehead atoms. The predicted molar refractivity (Wildman–Crippen MR) is 130 cm³/mol. The van der Waals surface area contributed by atoms with Crippen LogP contribution in [0.4, 0.5) is 0 Å². The van der Waals surface area contributed by atoms with Crippen molar-refractivity contribution in [3.8, 4) is 0 Å². The molecule has 0 heterocycles. The van der Waals surface area contributed by atoms with Crippen LogP contribution in [-0.4, -0.2) is 24.6 Å². The Morgan fingerprint density at radius 2 is 1.68 bits per heavy atom. The first-order chi connectivity index (χ1) is 14.9. The van der Waals surface area contributed by atoms with Crippen LogP contribution in [0.25, 0.3) is 0 Å². The van der Waals surface area contributed by atoms with Crippen LogP contribution < -0.4 is 0 Å². The fraction of sp³-hybridized carbons (Fsp3) is 0.444. The third-order valence-electron chi connectivity index (χ3n) is 5.51. The number of rotatable bonds is 10. The van der Waals surface area contributed by atoms with Crippen molar-refractivity contribution in [3.63, 3.8) is 0 Å². The Morgan fingerprint density at radius 3 is 2.32 bits per heavy atom. The van der Waals surface area contributed by atoms with Crippen LogP contribution in [0.1, 0.15) is 76.5 Å². The summed E-state index contributed by atoms with van der Waals surface area (Å²) in [5, 5.41) is 0. The lowest BCUT2D eigenvalue weighted by Gasteiger charge is -2.32. The molecule has 166 valence electrons. The number of hydrogen-bond donors (Lipinski definition) is 0. The van der Waals surface area contributed by atoms with Gasteiger partial charge < -0.3 is 4.74 Å². The van der Waals surface area contributed by atoms with Gasteiger partial charge in [0.15, 0.2) is 5.84 Å². The van der Waals surface area contributed by atoms with Crippen LogP contribution >= 0.6 is 0 Å². The number of hydrogen-bond acceptors (Lipinski definition) is 3. The zero-order valence-corrected chi connectivity index (χ0v) is 19.6. The molecule has 0 amide bonds. The SMILES string of the molecule is CCCC(C)(CCCC(=O)OCc1ccccc1)c1ccccc1C(N=C(C)C)=NC. The van der Waals surface area contributed by atoms with Gasteiger partial charge in [0, 0.05) is 24.7 Å². The molecule has 0 spiro atoms. The largest absolute Gasteiger partial charge is 0.461 e. The molecule has 0 saturated heterocycles. The normalized spacial score (nSPS) is 13.4. The molecule has 0 radical (unpaired) electrons. The van der Waals surface area contributed by atoms with Crippen molar-refractivity contribution in [1.82, 2.24) is 0 Å². The van der Waals surface area contributed by atoms with E-state index >= 15 is 0 Å². The average Bonchev–Trinajstić information content (AvgIpc) is 2.77. The van der Waals surface area contributed by atoms with Crippen LogP contribution in [0.15, 0.2) is 64.6 Å². The molecule has 0 aliphatic carbocycles. The molecular weight excluding hydrogens is 384 g/mol. The summed E-state index contributed by atoms with van der Waals surface area (Å²) in [6.45, 7) is 8.80. The molecule has 0 aromatic heterocycles. The van der Waals surface area contributed by atoms with Gasteiger partial charge in [-0.05, 0) is 49.7 Å². The van der Waals surface area contributed by atoms with Crippen molar-refractivity contribution >= 4 is 17.5 Å². The number of amidine groups is 1. The minimum atomic E-state index is -0.141. The highest BCUT2D eigenvalue weighted by Gasteiger charge is 2.29. The first-order valence-corrected chi connectivity index (χ1v) is 11.2. The van der Waals surface area contributed by atoms with Crippen LogP contribution in [0, 0.1) is 0 Å². The second-order valence-corrected chi connectivity index (χ2v) is 8.46. The van der Waals surface area contributed by atoms with E-state index in [0.29, 0.717) is 13.0 Å². The second kappa shape index (κ2) is 12.2. The van der Waals surface area contributed by atoms with Crippen LogP contribution in [0.3, 0.4) is 0 Å². The summed E-state index contributed by atoms with van der Waals surface area (Å²) >= 11 is 0. The van der Waals surface area contributed by atoms with Gasteiger partial charge in [0.05, 0.1) is 0 Å². The molecule has 1 unspecified atom stereocenters. The molecule has 0 fully saturated rings. The topological polar surface area (TPSA) is 51.0 Å². The van der Waals surface area contributed by atoms with E-state index in [-0.39, 0.29) is 11.4 Å². The Bertz CT molecular complexity index is 898. The smallest absolute Gasteiger partial charge is 0.306 e. The lowest BCUT2D eigenvalue weighted by Crippen LogP contribution is -2.25. The van der Waals surface area contributed by atoms with Gasteiger partial charge in [-0.3, -0.25) is 9.79 Å². The first-order valence-electron chi connectivity index (χ1n) is 11.2. The van der Waals surface area contributed by atoms with Gasteiger partial charge in [-0.15, -0.1) is 0 Å². The molecule has 4 nitrogen and oxygen atoms in total. The lowest BCUT2D eigenvalue weighted by molar-refractivity contribution is -0.145. The molecule has 0 N–H and O–H groups in total. The highest BCUT2D eigenvalue weighted by Crippen LogP contribution is 2.37. The maximum absolute atomic E-state index is 12.3. The maximum Gasteiger partial charge on any atom is 0.306 e. The summed E-state index contributed by atoms with van der Waals surface area (Å²) in [5.41, 5.74) is 4.26. The monoisotopic (exact) mass is 420 g/mol. The summed E-state index contributed by atoms with van der Waals surface area (Å²) in [4.78, 5) is 21.4. The fourth-order valence-electron chi connectivity index (χ4n) is 4.03. The second-order valence-electron chi connectivity index (χ2n) is 8.46. The summed E-state index contributed by atoms with van der Waals surface area (Å²) in [6, 6.07) is 18.2. The number of esters is 1. The third-order valence-corrected chi connectivity index (χ3v) is 5.51. The van der Waals surface area contributed by atoms with E-state index in [9.17, 15) is 4.79 Å². The van der Waals surface area contributed by atoms with Crippen molar-refractivity contribution in [2.24, 2.45) is 9.98 Å². The molecular formula is C27H36N2O2. The summed E-state index contributed by atoms with van der Waals surface area (Å²) in [6.07, 6.45) is 4.22. The lowest BCUT2D eigenvalue weighted by atomic mass is 9.73. The number of benzene rings is 2. The molecule has 2 aromatic carbocycles. The quantitative estimate of drug-likeness (QED) is 0.250. The molecule has 4 heteroatoms. The number of carbonyl (C=O) groups is 1. The molecule has 0 aliphatic rings. The Kier molecular flexibility index (Phi) is 9.64. The average molecular weight is 421 g/mol. The van der Waals surface area contributed by atoms with Crippen molar-refractivity contribution in [1.29, 1.82) is 0 Å². The van der Waals surface area contributed by atoms with Crippen molar-refractivity contribution in [2.75, 3.05) is 7.05 Å². The zero-order chi connectivity index (χ0) is 22.7. The van der Waals surface area contributed by atoms with Gasteiger partial charge >= 0.3 is 5.97 Å². The number of aliphatic imine (C=N–C) groups is 2. The molecule has 1 atom stereocenters. The molecule has 31 heavy (non-hydrogen) atoms. The van der Waals surface area contributed by atoms with Crippen molar-refractivity contribution < 1.29 is 9.53 Å². The van der Waals surface area contributed by atoms with Gasteiger partial charge in [-0.25, -0.2) is 4.99 Å². The van der Waals surface area contributed by atoms with Crippen LogP contribution in [0.2, 0.25) is 0 Å². The van der Waals surface area contributed by atoms with Gasteiger partial charge in [0.1, 0.15) is 6.61 Å². The van der Waals surface area contributed by atoms with Crippen LogP contribution in [-0.2, 0) is 21.6 Å². The molecule has 2 rings (SSSR count). The standard InChI is InChI=1S/C27H36N2O2/c1-6-18-27(4,19-12-17-25(30)31-20-22-13-8-7-9-14-22)24-16-11-10-15-23(24)26(28-5)29-21(2)3/h7-11,13-16H,6,12,17-20H2,1-5H3. The highest BCUT2D eigenvalue weighted by atomic mass is 16.5. The predicted octanol–water partition coefficient (Wildman–Crippen LogP) is 6.52. The van der Waals surface area contributed by atoms with E-state index < -0.39 is 0 Å². The Labute approximate surface area is 187 Å². The van der Waals surface area contributed by atoms with E-state index in [4.69, 9.17) is 4.74 Å². The summed E-state index contributed by atoms with van der Waals surface area (Å²) in [7, 11) is 1.79. The minimum absolute atomic E-state index is 0.0574. The fourth-order valence-corrected chi connectivity index (χ4v) is 4.03. The summed E-state index contributed by atoms with van der Waals surface area (Å²) in [5.74, 6) is 0.623.